The molecule has 0 amide bonds. The lowest BCUT2D eigenvalue weighted by atomic mass is 9.56. The molecule has 1 fully saturated rings. The van der Waals surface area contributed by atoms with Gasteiger partial charge in [-0.15, -0.1) is 0 Å². The Morgan fingerprint density at radius 1 is 1.17 bits per heavy atom. The van der Waals surface area contributed by atoms with Crippen molar-refractivity contribution in [3.8, 4) is 0 Å². The quantitative estimate of drug-likeness (QED) is 0.574. The molecule has 94 valence electrons. The lowest BCUT2D eigenvalue weighted by molar-refractivity contribution is 0.0826. The van der Waals surface area contributed by atoms with E-state index in [0.29, 0.717) is 5.41 Å². The molecule has 0 aromatic heterocycles. The van der Waals surface area contributed by atoms with Crippen molar-refractivity contribution in [1.82, 2.24) is 0 Å². The van der Waals surface area contributed by atoms with Gasteiger partial charge in [0.05, 0.1) is 0 Å². The van der Waals surface area contributed by atoms with Crippen molar-refractivity contribution in [3.63, 3.8) is 0 Å². The monoisotopic (exact) mass is 238 g/mol. The normalized spacial score (nSPS) is 41.1. The molecule has 1 aromatic carbocycles. The molecule has 1 saturated carbocycles. The Kier molecular flexibility index (Phi) is 2.24. The largest absolute Gasteiger partial charge is 0.0877 e. The van der Waals surface area contributed by atoms with Gasteiger partial charge in [0.25, 0.3) is 0 Å². The second-order valence-corrected chi connectivity index (χ2v) is 6.80. The van der Waals surface area contributed by atoms with Crippen molar-refractivity contribution in [3.05, 3.63) is 47.5 Å². The zero-order valence-corrected chi connectivity index (χ0v) is 11.2. The maximum atomic E-state index is 2.52. The van der Waals surface area contributed by atoms with Crippen molar-refractivity contribution >= 4 is 0 Å². The summed E-state index contributed by atoms with van der Waals surface area (Å²) in [5.41, 5.74) is 3.84. The van der Waals surface area contributed by atoms with E-state index in [4.69, 9.17) is 0 Å². The first-order valence-electron chi connectivity index (χ1n) is 7.53. The van der Waals surface area contributed by atoms with Gasteiger partial charge in [0, 0.05) is 0 Å². The van der Waals surface area contributed by atoms with Gasteiger partial charge >= 0.3 is 0 Å². The molecular weight excluding hydrogens is 216 g/mol. The summed E-state index contributed by atoms with van der Waals surface area (Å²) in [6.07, 6.45) is 11.8. The second-order valence-electron chi connectivity index (χ2n) is 6.80. The molecule has 0 heterocycles. The highest BCUT2D eigenvalue weighted by atomic mass is 14.5. The highest BCUT2D eigenvalue weighted by molar-refractivity contribution is 5.35. The van der Waals surface area contributed by atoms with Gasteiger partial charge in [-0.25, -0.2) is 0 Å². The molecule has 4 unspecified atom stereocenters. The summed E-state index contributed by atoms with van der Waals surface area (Å²) in [5, 5.41) is 0. The summed E-state index contributed by atoms with van der Waals surface area (Å²) in [6, 6.07) is 9.20. The minimum Gasteiger partial charge on any atom is -0.0877 e. The fourth-order valence-corrected chi connectivity index (χ4v) is 5.00. The van der Waals surface area contributed by atoms with Gasteiger partial charge in [0.1, 0.15) is 0 Å². The molecule has 0 saturated heterocycles. The van der Waals surface area contributed by atoms with Crippen LogP contribution in [0.5, 0.6) is 0 Å². The summed E-state index contributed by atoms with van der Waals surface area (Å²) in [4.78, 5) is 0. The van der Waals surface area contributed by atoms with Gasteiger partial charge in [0.2, 0.25) is 0 Å². The van der Waals surface area contributed by atoms with E-state index in [1.807, 2.05) is 0 Å². The standard InChI is InChI=1S/C18H22/c1-18-11-4-7-17(18)16-9-8-13-5-2-3-6-14(13)15(16)10-12-18/h2-6,11,15-17H,7-10,12H2,1H3. The number of rotatable bonds is 0. The van der Waals surface area contributed by atoms with Crippen molar-refractivity contribution in [2.75, 3.05) is 0 Å². The Morgan fingerprint density at radius 3 is 3.00 bits per heavy atom. The minimum absolute atomic E-state index is 0.521. The Hall–Kier alpha value is -1.04. The maximum absolute atomic E-state index is 2.52. The van der Waals surface area contributed by atoms with E-state index < -0.39 is 0 Å². The molecule has 4 rings (SSSR count). The van der Waals surface area contributed by atoms with Crippen LogP contribution in [0.15, 0.2) is 36.4 Å². The topological polar surface area (TPSA) is 0 Å². The fourth-order valence-electron chi connectivity index (χ4n) is 5.00. The molecule has 4 atom stereocenters. The smallest absolute Gasteiger partial charge is 0.0112 e. The number of benzene rings is 1. The van der Waals surface area contributed by atoms with Gasteiger partial charge in [-0.2, -0.15) is 0 Å². The molecule has 3 aliphatic carbocycles. The minimum atomic E-state index is 0.521. The Labute approximate surface area is 110 Å². The average molecular weight is 238 g/mol. The number of hydrogen-bond donors (Lipinski definition) is 0. The third-order valence-corrected chi connectivity index (χ3v) is 5.96. The van der Waals surface area contributed by atoms with Crippen LogP contribution in [0.2, 0.25) is 0 Å². The average Bonchev–Trinajstić information content (AvgIpc) is 2.80. The van der Waals surface area contributed by atoms with Crippen molar-refractivity contribution < 1.29 is 0 Å². The first-order valence-corrected chi connectivity index (χ1v) is 7.53. The van der Waals surface area contributed by atoms with E-state index in [1.165, 1.54) is 32.1 Å². The van der Waals surface area contributed by atoms with Crippen LogP contribution in [0.3, 0.4) is 0 Å². The third kappa shape index (κ3) is 1.38. The predicted molar refractivity (Wildman–Crippen MR) is 75.6 cm³/mol. The van der Waals surface area contributed by atoms with Crippen LogP contribution < -0.4 is 0 Å². The molecule has 0 nitrogen and oxygen atoms in total. The van der Waals surface area contributed by atoms with Gasteiger partial charge in [-0.05, 0) is 66.4 Å². The number of hydrogen-bond acceptors (Lipinski definition) is 0. The maximum Gasteiger partial charge on any atom is -0.0112 e. The van der Waals surface area contributed by atoms with E-state index in [1.54, 1.807) is 11.1 Å². The summed E-state index contributed by atoms with van der Waals surface area (Å²) in [5.74, 6) is 2.71. The van der Waals surface area contributed by atoms with Gasteiger partial charge in [-0.3, -0.25) is 0 Å². The molecular formula is C18H22. The highest BCUT2D eigenvalue weighted by Gasteiger charge is 2.48. The van der Waals surface area contributed by atoms with Crippen molar-refractivity contribution in [1.29, 1.82) is 0 Å². The van der Waals surface area contributed by atoms with Crippen LogP contribution >= 0.6 is 0 Å². The summed E-state index contributed by atoms with van der Waals surface area (Å²) in [6.45, 7) is 2.50. The zero-order chi connectivity index (χ0) is 12.2. The molecule has 0 spiro atoms. The van der Waals surface area contributed by atoms with E-state index in [0.717, 1.165) is 17.8 Å². The number of allylic oxidation sites excluding steroid dienone is 2. The molecule has 0 radical (unpaired) electrons. The first kappa shape index (κ1) is 10.8. The Bertz CT molecular complexity index is 499. The van der Waals surface area contributed by atoms with Crippen LogP contribution in [0.25, 0.3) is 0 Å². The van der Waals surface area contributed by atoms with Gasteiger partial charge < -0.3 is 0 Å². The lowest BCUT2D eigenvalue weighted by Gasteiger charge is -2.49. The van der Waals surface area contributed by atoms with Crippen LogP contribution in [0, 0.1) is 17.3 Å². The Balaban J connectivity index is 1.73. The summed E-state index contributed by atoms with van der Waals surface area (Å²) in [7, 11) is 0. The van der Waals surface area contributed by atoms with Crippen LogP contribution in [0.1, 0.15) is 49.7 Å². The molecule has 18 heavy (non-hydrogen) atoms. The molecule has 0 bridgehead atoms. The lowest BCUT2D eigenvalue weighted by Crippen LogP contribution is -2.39. The van der Waals surface area contributed by atoms with Crippen LogP contribution in [0.4, 0.5) is 0 Å². The Morgan fingerprint density at radius 2 is 2.06 bits per heavy atom. The third-order valence-electron chi connectivity index (χ3n) is 5.96. The number of fused-ring (bicyclic) bond motifs is 5. The van der Waals surface area contributed by atoms with Crippen LogP contribution in [-0.4, -0.2) is 0 Å². The van der Waals surface area contributed by atoms with E-state index in [9.17, 15) is 0 Å². The van der Waals surface area contributed by atoms with Crippen molar-refractivity contribution in [2.45, 2.75) is 44.9 Å². The molecule has 1 aromatic rings. The number of aryl methyl sites for hydroxylation is 1. The zero-order valence-electron chi connectivity index (χ0n) is 11.2. The van der Waals surface area contributed by atoms with Crippen molar-refractivity contribution in [2.24, 2.45) is 17.3 Å². The van der Waals surface area contributed by atoms with Gasteiger partial charge in [-0.1, -0.05) is 43.3 Å². The van der Waals surface area contributed by atoms with E-state index >= 15 is 0 Å². The molecule has 0 N–H and O–H groups in total. The highest BCUT2D eigenvalue weighted by Crippen LogP contribution is 2.58. The summed E-state index contributed by atoms with van der Waals surface area (Å²) < 4.78 is 0. The SMILES string of the molecule is CC12C=CCC1C1CCc3ccccc3C1CC2. The van der Waals surface area contributed by atoms with E-state index in [2.05, 4.69) is 43.3 Å². The van der Waals surface area contributed by atoms with Crippen LogP contribution in [-0.2, 0) is 6.42 Å². The van der Waals surface area contributed by atoms with E-state index in [-0.39, 0.29) is 0 Å². The molecule has 0 heteroatoms. The first-order chi connectivity index (χ1) is 8.78. The summed E-state index contributed by atoms with van der Waals surface area (Å²) >= 11 is 0. The molecule has 0 aliphatic heterocycles. The second kappa shape index (κ2) is 3.73. The predicted octanol–water partition coefficient (Wildman–Crippen LogP) is 4.71. The van der Waals surface area contributed by atoms with Gasteiger partial charge in [0.15, 0.2) is 0 Å². The molecule has 3 aliphatic rings. The fraction of sp³-hybridized carbons (Fsp3) is 0.556.